The topological polar surface area (TPSA) is 32.7 Å². The van der Waals surface area contributed by atoms with Crippen molar-refractivity contribution in [2.45, 2.75) is 25.9 Å². The van der Waals surface area contributed by atoms with E-state index < -0.39 is 0 Å². The van der Waals surface area contributed by atoms with Gasteiger partial charge in [-0.15, -0.1) is 0 Å². The van der Waals surface area contributed by atoms with E-state index >= 15 is 0 Å². The third-order valence-corrected chi connectivity index (χ3v) is 3.85. The van der Waals surface area contributed by atoms with Gasteiger partial charge in [0.25, 0.3) is 0 Å². The van der Waals surface area contributed by atoms with Gasteiger partial charge in [-0.05, 0) is 36.2 Å². The van der Waals surface area contributed by atoms with Crippen LogP contribution in [0.15, 0.2) is 42.5 Å². The number of fused-ring (bicyclic) bond motifs is 1. The molecule has 4 heteroatoms. The fourth-order valence-electron chi connectivity index (χ4n) is 2.93. The first-order valence-corrected chi connectivity index (χ1v) is 7.65. The molecule has 3 nitrogen and oxygen atoms in total. The van der Waals surface area contributed by atoms with Crippen LogP contribution in [0.4, 0.5) is 10.1 Å². The third-order valence-electron chi connectivity index (χ3n) is 3.85. The summed E-state index contributed by atoms with van der Waals surface area (Å²) in [5, 5.41) is 9.68. The maximum atomic E-state index is 13.3. The van der Waals surface area contributed by atoms with Crippen molar-refractivity contribution in [1.29, 1.82) is 0 Å². The molecule has 0 fully saturated rings. The van der Waals surface area contributed by atoms with Gasteiger partial charge in [-0.1, -0.05) is 19.1 Å². The summed E-state index contributed by atoms with van der Waals surface area (Å²) < 4.78 is 19.4. The van der Waals surface area contributed by atoms with Gasteiger partial charge in [0.1, 0.15) is 23.4 Å². The summed E-state index contributed by atoms with van der Waals surface area (Å²) >= 11 is 0. The lowest BCUT2D eigenvalue weighted by atomic mass is 10.0. The standard InChI is InChI=1S/C18H20FNO2/c1-2-8-20-12-16(10-13-4-3-5-14(19)9-13)22-18-7-6-15(21)11-17(18)20/h3-7,9,11,16,21H,2,8,10,12H2,1H3. The van der Waals surface area contributed by atoms with Crippen molar-refractivity contribution >= 4 is 5.69 Å². The highest BCUT2D eigenvalue weighted by Crippen LogP contribution is 2.36. The van der Waals surface area contributed by atoms with E-state index in [1.807, 2.05) is 6.07 Å². The van der Waals surface area contributed by atoms with Crippen LogP contribution in [0.1, 0.15) is 18.9 Å². The third kappa shape index (κ3) is 3.16. The molecule has 2 aromatic rings. The molecule has 1 atom stereocenters. The average molecular weight is 301 g/mol. The minimum absolute atomic E-state index is 0.0228. The number of aromatic hydroxyl groups is 1. The number of ether oxygens (including phenoxy) is 1. The SMILES string of the molecule is CCCN1CC(Cc2cccc(F)c2)Oc2ccc(O)cc21. The maximum absolute atomic E-state index is 13.3. The highest BCUT2D eigenvalue weighted by molar-refractivity contribution is 5.63. The molecule has 0 spiro atoms. The van der Waals surface area contributed by atoms with E-state index in [1.54, 1.807) is 30.3 Å². The smallest absolute Gasteiger partial charge is 0.143 e. The Kier molecular flexibility index (Phi) is 4.18. The number of hydrogen-bond acceptors (Lipinski definition) is 3. The molecule has 1 N–H and O–H groups in total. The van der Waals surface area contributed by atoms with Crippen LogP contribution in [0.25, 0.3) is 0 Å². The summed E-state index contributed by atoms with van der Waals surface area (Å²) in [6, 6.07) is 11.8. The molecule has 0 aliphatic carbocycles. The monoisotopic (exact) mass is 301 g/mol. The van der Waals surface area contributed by atoms with Crippen molar-refractivity contribution < 1.29 is 14.2 Å². The number of rotatable bonds is 4. The first-order valence-electron chi connectivity index (χ1n) is 7.65. The molecule has 0 amide bonds. The van der Waals surface area contributed by atoms with Crippen molar-refractivity contribution in [3.63, 3.8) is 0 Å². The van der Waals surface area contributed by atoms with Gasteiger partial charge in [0.05, 0.1) is 12.2 Å². The number of anilines is 1. The summed E-state index contributed by atoms with van der Waals surface area (Å²) in [4.78, 5) is 2.22. The predicted molar refractivity (Wildman–Crippen MR) is 85.1 cm³/mol. The lowest BCUT2D eigenvalue weighted by molar-refractivity contribution is 0.193. The normalized spacial score (nSPS) is 17.0. The van der Waals surface area contributed by atoms with Crippen molar-refractivity contribution in [3.8, 4) is 11.5 Å². The average Bonchev–Trinajstić information content (AvgIpc) is 2.48. The van der Waals surface area contributed by atoms with Crippen molar-refractivity contribution in [2.24, 2.45) is 0 Å². The lowest BCUT2D eigenvalue weighted by Crippen LogP contribution is -2.41. The van der Waals surface area contributed by atoms with Gasteiger partial charge >= 0.3 is 0 Å². The Balaban J connectivity index is 1.82. The molecular formula is C18H20FNO2. The summed E-state index contributed by atoms with van der Waals surface area (Å²) in [7, 11) is 0. The maximum Gasteiger partial charge on any atom is 0.143 e. The van der Waals surface area contributed by atoms with Gasteiger partial charge in [0, 0.05) is 19.0 Å². The van der Waals surface area contributed by atoms with Crippen LogP contribution < -0.4 is 9.64 Å². The van der Waals surface area contributed by atoms with Gasteiger partial charge in [-0.25, -0.2) is 4.39 Å². The Morgan fingerprint density at radius 3 is 2.91 bits per heavy atom. The van der Waals surface area contributed by atoms with Crippen molar-refractivity contribution in [3.05, 3.63) is 53.8 Å². The quantitative estimate of drug-likeness (QED) is 0.933. The lowest BCUT2D eigenvalue weighted by Gasteiger charge is -2.36. The second-order valence-electron chi connectivity index (χ2n) is 5.67. The number of hydrogen-bond donors (Lipinski definition) is 1. The molecule has 116 valence electrons. The summed E-state index contributed by atoms with van der Waals surface area (Å²) in [6.45, 7) is 3.76. The Morgan fingerprint density at radius 1 is 1.27 bits per heavy atom. The first-order chi connectivity index (χ1) is 10.7. The van der Waals surface area contributed by atoms with Crippen LogP contribution in [-0.2, 0) is 6.42 Å². The molecule has 1 aliphatic rings. The Bertz CT molecular complexity index is 659. The molecule has 22 heavy (non-hydrogen) atoms. The Hall–Kier alpha value is -2.23. The van der Waals surface area contributed by atoms with Crippen LogP contribution in [0.3, 0.4) is 0 Å². The molecule has 0 bridgehead atoms. The minimum atomic E-state index is -0.218. The summed E-state index contributed by atoms with van der Waals surface area (Å²) in [6.07, 6.45) is 1.66. The zero-order valence-electron chi connectivity index (χ0n) is 12.6. The minimum Gasteiger partial charge on any atom is -0.508 e. The molecule has 1 heterocycles. The second kappa shape index (κ2) is 6.26. The fraction of sp³-hybridized carbons (Fsp3) is 0.333. The molecule has 0 radical (unpaired) electrons. The molecule has 1 unspecified atom stereocenters. The van der Waals surface area contributed by atoms with Crippen LogP contribution in [0.5, 0.6) is 11.5 Å². The molecule has 0 saturated heterocycles. The predicted octanol–water partition coefficient (Wildman–Crippen LogP) is 3.75. The Labute approximate surface area is 130 Å². The Morgan fingerprint density at radius 2 is 2.14 bits per heavy atom. The molecule has 0 aromatic heterocycles. The number of phenolic OH excluding ortho intramolecular Hbond substituents is 1. The van der Waals surface area contributed by atoms with Crippen LogP contribution in [-0.4, -0.2) is 24.3 Å². The van der Waals surface area contributed by atoms with E-state index in [2.05, 4.69) is 11.8 Å². The fourth-order valence-corrected chi connectivity index (χ4v) is 2.93. The van der Waals surface area contributed by atoms with Gasteiger partial charge in [0.15, 0.2) is 0 Å². The van der Waals surface area contributed by atoms with Gasteiger partial charge in [-0.2, -0.15) is 0 Å². The molecular weight excluding hydrogens is 281 g/mol. The number of phenols is 1. The second-order valence-corrected chi connectivity index (χ2v) is 5.67. The largest absolute Gasteiger partial charge is 0.508 e. The van der Waals surface area contributed by atoms with Gasteiger partial charge in [0.2, 0.25) is 0 Å². The molecule has 3 rings (SSSR count). The zero-order chi connectivity index (χ0) is 15.5. The van der Waals surface area contributed by atoms with E-state index in [1.165, 1.54) is 6.07 Å². The van der Waals surface area contributed by atoms with Gasteiger partial charge < -0.3 is 14.7 Å². The van der Waals surface area contributed by atoms with Gasteiger partial charge in [-0.3, -0.25) is 0 Å². The zero-order valence-corrected chi connectivity index (χ0v) is 12.6. The van der Waals surface area contributed by atoms with Crippen molar-refractivity contribution in [1.82, 2.24) is 0 Å². The van der Waals surface area contributed by atoms with Crippen LogP contribution in [0.2, 0.25) is 0 Å². The van der Waals surface area contributed by atoms with E-state index in [4.69, 9.17) is 4.74 Å². The highest BCUT2D eigenvalue weighted by atomic mass is 19.1. The van der Waals surface area contributed by atoms with E-state index in [0.29, 0.717) is 6.42 Å². The van der Waals surface area contributed by atoms with Crippen molar-refractivity contribution in [2.75, 3.05) is 18.0 Å². The van der Waals surface area contributed by atoms with Crippen LogP contribution in [0, 0.1) is 5.82 Å². The number of halogens is 1. The van der Waals surface area contributed by atoms with E-state index in [0.717, 1.165) is 36.5 Å². The molecule has 0 saturated carbocycles. The molecule has 1 aliphatic heterocycles. The van der Waals surface area contributed by atoms with E-state index in [-0.39, 0.29) is 17.7 Å². The molecule has 2 aromatic carbocycles. The first kappa shape index (κ1) is 14.7. The van der Waals surface area contributed by atoms with Crippen LogP contribution >= 0.6 is 0 Å². The highest BCUT2D eigenvalue weighted by Gasteiger charge is 2.25. The summed E-state index contributed by atoms with van der Waals surface area (Å²) in [5.41, 5.74) is 1.86. The van der Waals surface area contributed by atoms with E-state index in [9.17, 15) is 9.50 Å². The summed E-state index contributed by atoms with van der Waals surface area (Å²) in [5.74, 6) is 0.801. The number of nitrogens with zero attached hydrogens (tertiary/aromatic N) is 1. The number of benzene rings is 2.